The molecule has 7 nitrogen and oxygen atoms in total. The molecule has 0 radical (unpaired) electrons. The predicted molar refractivity (Wildman–Crippen MR) is 75.6 cm³/mol. The summed E-state index contributed by atoms with van der Waals surface area (Å²) in [6.45, 7) is 1.78. The van der Waals surface area contributed by atoms with Gasteiger partial charge in [-0.3, -0.25) is 4.79 Å². The van der Waals surface area contributed by atoms with Gasteiger partial charge in [0.2, 0.25) is 11.8 Å². The average molecular weight is 292 g/mol. The van der Waals surface area contributed by atoms with Crippen LogP contribution in [0.15, 0.2) is 6.33 Å². The van der Waals surface area contributed by atoms with Gasteiger partial charge < -0.3 is 19.7 Å². The summed E-state index contributed by atoms with van der Waals surface area (Å²) >= 11 is 0. The standard InChI is InChI=1S/C14H20N4O3/c1-20-12-11(13(21-2)17-8-16-12)14(19)18-9-3-4-10(18)7-15-6-5-9/h8-10,15H,3-7H2,1-2H3. The van der Waals surface area contributed by atoms with Crippen molar-refractivity contribution in [3.05, 3.63) is 11.9 Å². The quantitative estimate of drug-likeness (QED) is 0.872. The highest BCUT2D eigenvalue weighted by Gasteiger charge is 2.40. The molecule has 0 saturated carbocycles. The molecule has 2 aliphatic rings. The second-order valence-electron chi connectivity index (χ2n) is 5.36. The van der Waals surface area contributed by atoms with Gasteiger partial charge in [-0.25, -0.2) is 9.97 Å². The van der Waals surface area contributed by atoms with E-state index in [4.69, 9.17) is 9.47 Å². The molecule has 1 N–H and O–H groups in total. The fourth-order valence-corrected chi connectivity index (χ4v) is 3.29. The first kappa shape index (κ1) is 14.1. The molecular formula is C14H20N4O3. The lowest BCUT2D eigenvalue weighted by Gasteiger charge is -2.28. The Morgan fingerprint density at radius 3 is 2.52 bits per heavy atom. The van der Waals surface area contributed by atoms with E-state index in [1.807, 2.05) is 4.90 Å². The molecule has 21 heavy (non-hydrogen) atoms. The highest BCUT2D eigenvalue weighted by atomic mass is 16.5. The summed E-state index contributed by atoms with van der Waals surface area (Å²) < 4.78 is 10.5. The molecule has 2 unspecified atom stereocenters. The van der Waals surface area contributed by atoms with Crippen molar-refractivity contribution in [2.45, 2.75) is 31.3 Å². The maximum Gasteiger partial charge on any atom is 0.265 e. The van der Waals surface area contributed by atoms with Gasteiger partial charge in [-0.2, -0.15) is 0 Å². The van der Waals surface area contributed by atoms with Gasteiger partial charge in [-0.15, -0.1) is 0 Å². The molecule has 3 rings (SSSR count). The van der Waals surface area contributed by atoms with Crippen molar-refractivity contribution < 1.29 is 14.3 Å². The van der Waals surface area contributed by atoms with Crippen LogP contribution in [0.2, 0.25) is 0 Å². The Hall–Kier alpha value is -1.89. The fraction of sp³-hybridized carbons (Fsp3) is 0.643. The Morgan fingerprint density at radius 2 is 1.86 bits per heavy atom. The van der Waals surface area contributed by atoms with Crippen LogP contribution < -0.4 is 14.8 Å². The molecule has 2 saturated heterocycles. The van der Waals surface area contributed by atoms with E-state index < -0.39 is 0 Å². The van der Waals surface area contributed by atoms with Crippen LogP contribution in [0.1, 0.15) is 29.6 Å². The average Bonchev–Trinajstić information content (AvgIpc) is 2.78. The Bertz CT molecular complexity index is 501. The molecule has 2 bridgehead atoms. The molecule has 1 amide bonds. The maximum atomic E-state index is 13.0. The first-order valence-electron chi connectivity index (χ1n) is 7.22. The number of nitrogens with zero attached hydrogens (tertiary/aromatic N) is 3. The lowest BCUT2D eigenvalue weighted by atomic mass is 10.1. The second-order valence-corrected chi connectivity index (χ2v) is 5.36. The molecule has 0 aliphatic carbocycles. The molecule has 114 valence electrons. The van der Waals surface area contributed by atoms with Gasteiger partial charge in [0.25, 0.3) is 5.91 Å². The summed E-state index contributed by atoms with van der Waals surface area (Å²) in [6.07, 6.45) is 4.39. The van der Waals surface area contributed by atoms with Crippen LogP contribution in [0.5, 0.6) is 11.8 Å². The van der Waals surface area contributed by atoms with Gasteiger partial charge in [-0.1, -0.05) is 0 Å². The van der Waals surface area contributed by atoms with Crippen molar-refractivity contribution in [3.63, 3.8) is 0 Å². The molecular weight excluding hydrogens is 272 g/mol. The summed E-state index contributed by atoms with van der Waals surface area (Å²) in [5.41, 5.74) is 0.321. The number of hydrogen-bond acceptors (Lipinski definition) is 6. The van der Waals surface area contributed by atoms with Crippen molar-refractivity contribution in [2.24, 2.45) is 0 Å². The summed E-state index contributed by atoms with van der Waals surface area (Å²) in [5.74, 6) is 0.437. The lowest BCUT2D eigenvalue weighted by molar-refractivity contribution is 0.0671. The van der Waals surface area contributed by atoms with Gasteiger partial charge >= 0.3 is 0 Å². The predicted octanol–water partition coefficient (Wildman–Crippen LogP) is 0.460. The van der Waals surface area contributed by atoms with E-state index in [2.05, 4.69) is 15.3 Å². The third-order valence-electron chi connectivity index (χ3n) is 4.27. The van der Waals surface area contributed by atoms with Crippen molar-refractivity contribution >= 4 is 5.91 Å². The first-order chi connectivity index (χ1) is 10.3. The van der Waals surface area contributed by atoms with Gasteiger partial charge in [-0.05, 0) is 25.8 Å². The smallest absolute Gasteiger partial charge is 0.265 e. The Balaban J connectivity index is 1.98. The minimum atomic E-state index is -0.0968. The van der Waals surface area contributed by atoms with Crippen molar-refractivity contribution in [1.29, 1.82) is 0 Å². The molecule has 0 spiro atoms. The Labute approximate surface area is 123 Å². The Morgan fingerprint density at radius 1 is 1.19 bits per heavy atom. The number of methoxy groups -OCH3 is 2. The van der Waals surface area contributed by atoms with E-state index in [0.29, 0.717) is 5.56 Å². The van der Waals surface area contributed by atoms with Crippen LogP contribution in [0.4, 0.5) is 0 Å². The molecule has 1 aromatic rings. The van der Waals surface area contributed by atoms with E-state index in [9.17, 15) is 4.79 Å². The number of carbonyl (C=O) groups excluding carboxylic acids is 1. The number of amides is 1. The normalized spacial score (nSPS) is 24.6. The van der Waals surface area contributed by atoms with E-state index in [-0.39, 0.29) is 29.8 Å². The van der Waals surface area contributed by atoms with Crippen molar-refractivity contribution in [3.8, 4) is 11.8 Å². The first-order valence-corrected chi connectivity index (χ1v) is 7.22. The summed E-state index contributed by atoms with van der Waals surface area (Å²) in [7, 11) is 2.99. The Kier molecular flexibility index (Phi) is 3.92. The van der Waals surface area contributed by atoms with Crippen LogP contribution in [-0.4, -0.2) is 60.2 Å². The molecule has 0 aromatic carbocycles. The number of aromatic nitrogens is 2. The van der Waals surface area contributed by atoms with E-state index in [0.717, 1.165) is 32.4 Å². The zero-order valence-electron chi connectivity index (χ0n) is 12.3. The van der Waals surface area contributed by atoms with Crippen LogP contribution in [0, 0.1) is 0 Å². The number of ether oxygens (including phenoxy) is 2. The van der Waals surface area contributed by atoms with Crippen LogP contribution in [0.25, 0.3) is 0 Å². The largest absolute Gasteiger partial charge is 0.480 e. The van der Waals surface area contributed by atoms with Gasteiger partial charge in [0.05, 0.1) is 14.2 Å². The molecule has 7 heteroatoms. The SMILES string of the molecule is COc1ncnc(OC)c1C(=O)N1C2CCNCC1CC2. The van der Waals surface area contributed by atoms with E-state index >= 15 is 0 Å². The van der Waals surface area contributed by atoms with Crippen LogP contribution >= 0.6 is 0 Å². The zero-order chi connectivity index (χ0) is 14.8. The molecule has 3 heterocycles. The van der Waals surface area contributed by atoms with Gasteiger partial charge in [0.15, 0.2) is 5.56 Å². The topological polar surface area (TPSA) is 76.6 Å². The second kappa shape index (κ2) is 5.85. The third-order valence-corrected chi connectivity index (χ3v) is 4.27. The molecule has 2 fully saturated rings. The number of carbonyl (C=O) groups is 1. The van der Waals surface area contributed by atoms with Gasteiger partial charge in [0, 0.05) is 18.6 Å². The summed E-state index contributed by atoms with van der Waals surface area (Å²) in [5, 5.41) is 3.38. The van der Waals surface area contributed by atoms with Crippen molar-refractivity contribution in [2.75, 3.05) is 27.3 Å². The zero-order valence-corrected chi connectivity index (χ0v) is 12.3. The van der Waals surface area contributed by atoms with E-state index in [1.54, 1.807) is 0 Å². The third kappa shape index (κ3) is 2.42. The summed E-state index contributed by atoms with van der Waals surface area (Å²) in [6, 6.07) is 0.492. The van der Waals surface area contributed by atoms with E-state index in [1.165, 1.54) is 20.5 Å². The molecule has 2 atom stereocenters. The lowest BCUT2D eigenvalue weighted by Crippen LogP contribution is -2.42. The number of rotatable bonds is 3. The number of hydrogen-bond donors (Lipinski definition) is 1. The van der Waals surface area contributed by atoms with Gasteiger partial charge in [0.1, 0.15) is 6.33 Å². The number of fused-ring (bicyclic) bond motifs is 2. The minimum absolute atomic E-state index is 0.0968. The minimum Gasteiger partial charge on any atom is -0.480 e. The molecule has 1 aromatic heterocycles. The maximum absolute atomic E-state index is 13.0. The highest BCUT2D eigenvalue weighted by Crippen LogP contribution is 2.33. The van der Waals surface area contributed by atoms with Crippen molar-refractivity contribution in [1.82, 2.24) is 20.2 Å². The van der Waals surface area contributed by atoms with Crippen LogP contribution in [0.3, 0.4) is 0 Å². The monoisotopic (exact) mass is 292 g/mol. The number of nitrogens with one attached hydrogen (secondary N) is 1. The summed E-state index contributed by atoms with van der Waals surface area (Å²) in [4.78, 5) is 23.1. The van der Waals surface area contributed by atoms with Crippen LogP contribution in [-0.2, 0) is 0 Å². The highest BCUT2D eigenvalue weighted by molar-refractivity contribution is 5.99. The fourth-order valence-electron chi connectivity index (χ4n) is 3.29. The molecule has 2 aliphatic heterocycles.